The van der Waals surface area contributed by atoms with Crippen LogP contribution in [0.5, 0.6) is 0 Å². The van der Waals surface area contributed by atoms with Crippen LogP contribution in [0.2, 0.25) is 5.02 Å². The number of hydrogen-bond acceptors (Lipinski definition) is 4. The average molecular weight is 296 g/mol. The molecular formula is C14H18ClN3O2. The van der Waals surface area contributed by atoms with Gasteiger partial charge in [-0.2, -0.15) is 5.10 Å². The topological polar surface area (TPSA) is 60.1 Å². The molecule has 0 aliphatic rings. The fraction of sp³-hybridized carbons (Fsp3) is 0.429. The van der Waals surface area contributed by atoms with Gasteiger partial charge in [0.25, 0.3) is 5.56 Å². The molecule has 2 rings (SSSR count). The summed E-state index contributed by atoms with van der Waals surface area (Å²) in [7, 11) is 0. The standard InChI is InChI=1S/C14H18ClN3O2/c1-2-3-8-18-14(19)13(15)12(10-17-18)16-7-6-11-5-4-9-20-11/h4-5,9-10,16H,2-3,6-8H2,1H3. The summed E-state index contributed by atoms with van der Waals surface area (Å²) >= 11 is 6.08. The van der Waals surface area contributed by atoms with Crippen LogP contribution in [0.4, 0.5) is 5.69 Å². The van der Waals surface area contributed by atoms with Crippen LogP contribution in [0.25, 0.3) is 0 Å². The third-order valence-corrected chi connectivity index (χ3v) is 3.34. The van der Waals surface area contributed by atoms with E-state index in [9.17, 15) is 4.79 Å². The number of aromatic nitrogens is 2. The van der Waals surface area contributed by atoms with Crippen LogP contribution in [0.15, 0.2) is 33.8 Å². The van der Waals surface area contributed by atoms with E-state index in [1.54, 1.807) is 12.5 Å². The lowest BCUT2D eigenvalue weighted by Gasteiger charge is -2.09. The maximum atomic E-state index is 12.0. The zero-order chi connectivity index (χ0) is 14.4. The summed E-state index contributed by atoms with van der Waals surface area (Å²) in [6.07, 6.45) is 5.88. The number of furan rings is 1. The first-order chi connectivity index (χ1) is 9.72. The number of halogens is 1. The molecule has 1 N–H and O–H groups in total. The van der Waals surface area contributed by atoms with Gasteiger partial charge in [0.15, 0.2) is 0 Å². The number of hydrogen-bond donors (Lipinski definition) is 1. The zero-order valence-electron chi connectivity index (χ0n) is 11.4. The number of aryl methyl sites for hydroxylation is 1. The van der Waals surface area contributed by atoms with Gasteiger partial charge in [0.1, 0.15) is 10.8 Å². The predicted molar refractivity (Wildman–Crippen MR) is 79.3 cm³/mol. The van der Waals surface area contributed by atoms with E-state index in [0.29, 0.717) is 18.8 Å². The Hall–Kier alpha value is -1.75. The highest BCUT2D eigenvalue weighted by Crippen LogP contribution is 2.15. The lowest BCUT2D eigenvalue weighted by molar-refractivity contribution is 0.512. The van der Waals surface area contributed by atoms with Crippen molar-refractivity contribution in [3.05, 3.63) is 45.7 Å². The molecule has 0 atom stereocenters. The van der Waals surface area contributed by atoms with Crippen molar-refractivity contribution in [1.29, 1.82) is 0 Å². The summed E-state index contributed by atoms with van der Waals surface area (Å²) in [5.41, 5.74) is 0.319. The molecule has 0 spiro atoms. The second-order valence-electron chi connectivity index (χ2n) is 4.51. The number of nitrogens with zero attached hydrogens (tertiary/aromatic N) is 2. The van der Waals surface area contributed by atoms with Crippen LogP contribution in [0.3, 0.4) is 0 Å². The average Bonchev–Trinajstić information content (AvgIpc) is 2.96. The van der Waals surface area contributed by atoms with Gasteiger partial charge in [0.2, 0.25) is 0 Å². The lowest BCUT2D eigenvalue weighted by atomic mass is 10.3. The van der Waals surface area contributed by atoms with Gasteiger partial charge in [0, 0.05) is 19.5 Å². The molecule has 0 unspecified atom stereocenters. The van der Waals surface area contributed by atoms with Gasteiger partial charge in [-0.05, 0) is 18.6 Å². The van der Waals surface area contributed by atoms with E-state index < -0.39 is 0 Å². The van der Waals surface area contributed by atoms with Crippen LogP contribution in [0.1, 0.15) is 25.5 Å². The Morgan fingerprint density at radius 2 is 2.35 bits per heavy atom. The summed E-state index contributed by atoms with van der Waals surface area (Å²) in [5.74, 6) is 0.887. The smallest absolute Gasteiger partial charge is 0.287 e. The van der Waals surface area contributed by atoms with Crippen molar-refractivity contribution >= 4 is 17.3 Å². The minimum Gasteiger partial charge on any atom is -0.469 e. The Morgan fingerprint density at radius 3 is 3.05 bits per heavy atom. The van der Waals surface area contributed by atoms with Gasteiger partial charge in [-0.1, -0.05) is 24.9 Å². The van der Waals surface area contributed by atoms with E-state index in [1.165, 1.54) is 4.68 Å². The Morgan fingerprint density at radius 1 is 1.50 bits per heavy atom. The van der Waals surface area contributed by atoms with Crippen LogP contribution in [-0.2, 0) is 13.0 Å². The second-order valence-corrected chi connectivity index (χ2v) is 4.89. The molecule has 0 radical (unpaired) electrons. The summed E-state index contributed by atoms with van der Waals surface area (Å²) in [5, 5.41) is 7.42. The van der Waals surface area contributed by atoms with Crippen molar-refractivity contribution in [2.45, 2.75) is 32.7 Å². The fourth-order valence-corrected chi connectivity index (χ4v) is 2.04. The number of nitrogens with one attached hydrogen (secondary N) is 1. The summed E-state index contributed by atoms with van der Waals surface area (Å²) in [4.78, 5) is 12.0. The first-order valence-corrected chi connectivity index (χ1v) is 7.12. The first kappa shape index (κ1) is 14.7. The first-order valence-electron chi connectivity index (χ1n) is 6.74. The lowest BCUT2D eigenvalue weighted by Crippen LogP contribution is -2.24. The van der Waals surface area contributed by atoms with E-state index >= 15 is 0 Å². The Labute approximate surface area is 122 Å². The van der Waals surface area contributed by atoms with Crippen LogP contribution >= 0.6 is 11.6 Å². The van der Waals surface area contributed by atoms with Crippen LogP contribution in [-0.4, -0.2) is 16.3 Å². The van der Waals surface area contributed by atoms with Crippen molar-refractivity contribution in [3.63, 3.8) is 0 Å². The summed E-state index contributed by atoms with van der Waals surface area (Å²) in [6.45, 7) is 3.30. The predicted octanol–water partition coefficient (Wildman–Crippen LogP) is 2.94. The Kier molecular flexibility index (Phi) is 5.24. The molecule has 0 bridgehead atoms. The molecule has 0 fully saturated rings. The van der Waals surface area contributed by atoms with Gasteiger partial charge in [-0.3, -0.25) is 4.79 Å². The van der Waals surface area contributed by atoms with E-state index in [4.69, 9.17) is 16.0 Å². The minimum atomic E-state index is -0.247. The molecule has 0 saturated carbocycles. The van der Waals surface area contributed by atoms with Gasteiger partial charge in [-0.25, -0.2) is 4.68 Å². The monoisotopic (exact) mass is 295 g/mol. The molecule has 0 amide bonds. The molecule has 0 saturated heterocycles. The molecule has 20 heavy (non-hydrogen) atoms. The SMILES string of the molecule is CCCCn1ncc(NCCc2ccco2)c(Cl)c1=O. The molecule has 5 nitrogen and oxygen atoms in total. The molecule has 0 aliphatic heterocycles. The summed E-state index contributed by atoms with van der Waals surface area (Å²) in [6, 6.07) is 3.75. The normalized spacial score (nSPS) is 10.7. The van der Waals surface area contributed by atoms with Crippen molar-refractivity contribution < 1.29 is 4.42 Å². The van der Waals surface area contributed by atoms with Gasteiger partial charge in [0.05, 0.1) is 18.1 Å². The van der Waals surface area contributed by atoms with E-state index in [1.807, 2.05) is 12.1 Å². The summed E-state index contributed by atoms with van der Waals surface area (Å²) < 4.78 is 6.64. The van der Waals surface area contributed by atoms with Gasteiger partial charge >= 0.3 is 0 Å². The molecule has 0 aromatic carbocycles. The highest BCUT2D eigenvalue weighted by molar-refractivity contribution is 6.32. The number of anilines is 1. The van der Waals surface area contributed by atoms with Gasteiger partial charge < -0.3 is 9.73 Å². The number of rotatable bonds is 7. The van der Waals surface area contributed by atoms with E-state index in [2.05, 4.69) is 17.3 Å². The van der Waals surface area contributed by atoms with Crippen molar-refractivity contribution in [1.82, 2.24) is 9.78 Å². The van der Waals surface area contributed by atoms with E-state index in [0.717, 1.165) is 25.0 Å². The highest BCUT2D eigenvalue weighted by Gasteiger charge is 2.08. The largest absolute Gasteiger partial charge is 0.469 e. The Balaban J connectivity index is 1.98. The van der Waals surface area contributed by atoms with Gasteiger partial charge in [-0.15, -0.1) is 0 Å². The van der Waals surface area contributed by atoms with Crippen LogP contribution in [0, 0.1) is 0 Å². The zero-order valence-corrected chi connectivity index (χ0v) is 12.2. The van der Waals surface area contributed by atoms with E-state index in [-0.39, 0.29) is 10.6 Å². The molecular weight excluding hydrogens is 278 g/mol. The third-order valence-electron chi connectivity index (χ3n) is 2.98. The molecule has 6 heteroatoms. The van der Waals surface area contributed by atoms with Crippen molar-refractivity contribution in [2.75, 3.05) is 11.9 Å². The highest BCUT2D eigenvalue weighted by atomic mass is 35.5. The van der Waals surface area contributed by atoms with Crippen molar-refractivity contribution in [3.8, 4) is 0 Å². The third kappa shape index (κ3) is 3.63. The molecule has 108 valence electrons. The maximum Gasteiger partial charge on any atom is 0.287 e. The number of unbranched alkanes of at least 4 members (excludes halogenated alkanes) is 1. The molecule has 2 aromatic rings. The molecule has 0 aliphatic carbocycles. The Bertz CT molecular complexity index is 593. The molecule has 2 aromatic heterocycles. The quantitative estimate of drug-likeness (QED) is 0.853. The maximum absolute atomic E-state index is 12.0. The van der Waals surface area contributed by atoms with Crippen molar-refractivity contribution in [2.24, 2.45) is 0 Å². The molecule has 2 heterocycles. The fourth-order valence-electron chi connectivity index (χ4n) is 1.83. The second kappa shape index (κ2) is 7.14. The van der Waals surface area contributed by atoms with Crippen LogP contribution < -0.4 is 10.9 Å². The minimum absolute atomic E-state index is 0.190.